The van der Waals surface area contributed by atoms with Crippen LogP contribution in [0.4, 0.5) is 0 Å². The molecule has 1 saturated carbocycles. The minimum Gasteiger partial charge on any atom is -0.300 e. The molecule has 0 amide bonds. The lowest BCUT2D eigenvalue weighted by Gasteiger charge is -2.27. The van der Waals surface area contributed by atoms with Crippen LogP contribution in [0.1, 0.15) is 32.6 Å². The van der Waals surface area contributed by atoms with Gasteiger partial charge in [-0.15, -0.1) is 0 Å². The van der Waals surface area contributed by atoms with Crippen LogP contribution in [0.25, 0.3) is 11.4 Å². The summed E-state index contributed by atoms with van der Waals surface area (Å²) in [4.78, 5) is 0. The molecule has 1 aliphatic rings. The number of rotatable bonds is 3. The topological polar surface area (TPSA) is 33.6 Å². The zero-order chi connectivity index (χ0) is 13.9. The minimum atomic E-state index is 0.727. The van der Waals surface area contributed by atoms with E-state index in [4.69, 9.17) is 12.2 Å². The van der Waals surface area contributed by atoms with E-state index in [1.807, 2.05) is 18.2 Å². The molecule has 1 aromatic heterocycles. The first-order valence-corrected chi connectivity index (χ1v) is 7.85. The molecule has 1 fully saturated rings. The van der Waals surface area contributed by atoms with E-state index in [0.717, 1.165) is 34.5 Å². The van der Waals surface area contributed by atoms with E-state index < -0.39 is 0 Å². The SMILES string of the molecule is CC1CCCC(Cn2c(-c3ccccc3)n[nH]c2=S)C1. The summed E-state index contributed by atoms with van der Waals surface area (Å²) in [5.41, 5.74) is 1.13. The van der Waals surface area contributed by atoms with Gasteiger partial charge in [0.05, 0.1) is 0 Å². The van der Waals surface area contributed by atoms with Gasteiger partial charge in [0.15, 0.2) is 10.6 Å². The van der Waals surface area contributed by atoms with Gasteiger partial charge in [0.2, 0.25) is 0 Å². The van der Waals surface area contributed by atoms with Crippen LogP contribution >= 0.6 is 12.2 Å². The Morgan fingerprint density at radius 1 is 1.30 bits per heavy atom. The molecule has 1 aromatic carbocycles. The quantitative estimate of drug-likeness (QED) is 0.847. The van der Waals surface area contributed by atoms with Crippen molar-refractivity contribution in [2.24, 2.45) is 11.8 Å². The number of aromatic amines is 1. The summed E-state index contributed by atoms with van der Waals surface area (Å²) in [6, 6.07) is 10.3. The van der Waals surface area contributed by atoms with Crippen LogP contribution < -0.4 is 0 Å². The predicted molar refractivity (Wildman–Crippen MR) is 84.0 cm³/mol. The Bertz CT molecular complexity index is 614. The highest BCUT2D eigenvalue weighted by Crippen LogP contribution is 2.30. The van der Waals surface area contributed by atoms with Crippen molar-refractivity contribution in [2.75, 3.05) is 0 Å². The molecular formula is C16H21N3S. The summed E-state index contributed by atoms with van der Waals surface area (Å²) in [5, 5.41) is 7.37. The van der Waals surface area contributed by atoms with Crippen molar-refractivity contribution in [2.45, 2.75) is 39.2 Å². The predicted octanol–water partition coefficient (Wildman–Crippen LogP) is 4.43. The fourth-order valence-corrected chi connectivity index (χ4v) is 3.49. The largest absolute Gasteiger partial charge is 0.300 e. The molecule has 3 nitrogen and oxygen atoms in total. The van der Waals surface area contributed by atoms with Gasteiger partial charge in [0, 0.05) is 12.1 Å². The number of H-pyrrole nitrogens is 1. The third kappa shape index (κ3) is 2.85. The first kappa shape index (κ1) is 13.6. The average molecular weight is 287 g/mol. The van der Waals surface area contributed by atoms with Crippen LogP contribution in [0.2, 0.25) is 0 Å². The molecule has 1 aliphatic carbocycles. The van der Waals surface area contributed by atoms with Crippen molar-refractivity contribution in [1.82, 2.24) is 14.8 Å². The summed E-state index contributed by atoms with van der Waals surface area (Å²) in [6.45, 7) is 3.35. The van der Waals surface area contributed by atoms with E-state index >= 15 is 0 Å². The van der Waals surface area contributed by atoms with Gasteiger partial charge < -0.3 is 0 Å². The van der Waals surface area contributed by atoms with Crippen LogP contribution in [-0.4, -0.2) is 14.8 Å². The van der Waals surface area contributed by atoms with E-state index in [2.05, 4.69) is 33.8 Å². The van der Waals surface area contributed by atoms with Gasteiger partial charge in [-0.3, -0.25) is 9.67 Å². The average Bonchev–Trinajstić information content (AvgIpc) is 2.81. The molecule has 106 valence electrons. The highest BCUT2D eigenvalue weighted by atomic mass is 32.1. The lowest BCUT2D eigenvalue weighted by atomic mass is 9.82. The van der Waals surface area contributed by atoms with Gasteiger partial charge in [-0.1, -0.05) is 50.1 Å². The number of nitrogens with zero attached hydrogens (tertiary/aromatic N) is 2. The second-order valence-corrected chi connectivity index (χ2v) is 6.35. The second kappa shape index (κ2) is 5.92. The summed E-state index contributed by atoms with van der Waals surface area (Å²) in [6.07, 6.45) is 5.34. The summed E-state index contributed by atoms with van der Waals surface area (Å²) < 4.78 is 2.91. The number of aromatic nitrogens is 3. The van der Waals surface area contributed by atoms with E-state index in [0.29, 0.717) is 0 Å². The molecule has 2 atom stereocenters. The van der Waals surface area contributed by atoms with E-state index in [9.17, 15) is 0 Å². The zero-order valence-corrected chi connectivity index (χ0v) is 12.7. The number of benzene rings is 1. The van der Waals surface area contributed by atoms with Crippen molar-refractivity contribution in [1.29, 1.82) is 0 Å². The maximum atomic E-state index is 5.42. The smallest absolute Gasteiger partial charge is 0.195 e. The normalized spacial score (nSPS) is 22.9. The van der Waals surface area contributed by atoms with Crippen LogP contribution in [0.15, 0.2) is 30.3 Å². The van der Waals surface area contributed by atoms with Crippen molar-refractivity contribution in [3.8, 4) is 11.4 Å². The number of hydrogen-bond acceptors (Lipinski definition) is 2. The van der Waals surface area contributed by atoms with Crippen LogP contribution in [0.5, 0.6) is 0 Å². The molecule has 20 heavy (non-hydrogen) atoms. The molecule has 0 radical (unpaired) electrons. The molecule has 4 heteroatoms. The van der Waals surface area contributed by atoms with Gasteiger partial charge >= 0.3 is 0 Å². The van der Waals surface area contributed by atoms with Crippen molar-refractivity contribution >= 4 is 12.2 Å². The first-order valence-electron chi connectivity index (χ1n) is 7.44. The van der Waals surface area contributed by atoms with Gasteiger partial charge in [-0.05, 0) is 36.9 Å². The molecule has 0 bridgehead atoms. The fourth-order valence-electron chi connectivity index (χ4n) is 3.28. The summed E-state index contributed by atoms with van der Waals surface area (Å²) in [7, 11) is 0. The molecule has 3 rings (SSSR count). The first-order chi connectivity index (χ1) is 9.74. The Hall–Kier alpha value is -1.42. The van der Waals surface area contributed by atoms with Crippen molar-refractivity contribution in [3.63, 3.8) is 0 Å². The maximum Gasteiger partial charge on any atom is 0.195 e. The highest BCUT2D eigenvalue weighted by Gasteiger charge is 2.21. The standard InChI is InChI=1S/C16H21N3S/c1-12-6-5-7-13(10-12)11-19-15(17-18-16(19)20)14-8-3-2-4-9-14/h2-4,8-9,12-13H,5-7,10-11H2,1H3,(H,18,20). The van der Waals surface area contributed by atoms with E-state index in [1.54, 1.807) is 0 Å². The molecule has 2 unspecified atom stereocenters. The lowest BCUT2D eigenvalue weighted by Crippen LogP contribution is -2.19. The van der Waals surface area contributed by atoms with Crippen LogP contribution in [0, 0.1) is 16.6 Å². The second-order valence-electron chi connectivity index (χ2n) is 5.97. The Labute approximate surface area is 125 Å². The number of nitrogens with one attached hydrogen (secondary N) is 1. The van der Waals surface area contributed by atoms with E-state index in [-0.39, 0.29) is 0 Å². The van der Waals surface area contributed by atoms with Gasteiger partial charge in [0.25, 0.3) is 0 Å². The van der Waals surface area contributed by atoms with Gasteiger partial charge in [-0.2, -0.15) is 5.10 Å². The minimum absolute atomic E-state index is 0.727. The monoisotopic (exact) mass is 287 g/mol. The van der Waals surface area contributed by atoms with E-state index in [1.165, 1.54) is 25.7 Å². The molecule has 1 N–H and O–H groups in total. The molecule has 1 heterocycles. The Balaban J connectivity index is 1.86. The summed E-state index contributed by atoms with van der Waals surface area (Å²) >= 11 is 5.42. The number of hydrogen-bond donors (Lipinski definition) is 1. The Morgan fingerprint density at radius 2 is 2.10 bits per heavy atom. The summed E-state index contributed by atoms with van der Waals surface area (Å²) in [5.74, 6) is 2.54. The van der Waals surface area contributed by atoms with Crippen LogP contribution in [-0.2, 0) is 6.54 Å². The Kier molecular flexibility index (Phi) is 4.01. The lowest BCUT2D eigenvalue weighted by molar-refractivity contribution is 0.257. The molecule has 0 aliphatic heterocycles. The fraction of sp³-hybridized carbons (Fsp3) is 0.500. The molecule has 0 spiro atoms. The third-order valence-corrected chi connectivity index (χ3v) is 4.59. The molecular weight excluding hydrogens is 266 g/mol. The van der Waals surface area contributed by atoms with Gasteiger partial charge in [0.1, 0.15) is 0 Å². The molecule has 2 aromatic rings. The third-order valence-electron chi connectivity index (χ3n) is 4.28. The van der Waals surface area contributed by atoms with Crippen molar-refractivity contribution in [3.05, 3.63) is 35.1 Å². The maximum absolute atomic E-state index is 5.42. The van der Waals surface area contributed by atoms with Gasteiger partial charge in [-0.25, -0.2) is 0 Å². The Morgan fingerprint density at radius 3 is 2.85 bits per heavy atom. The molecule has 0 saturated heterocycles. The van der Waals surface area contributed by atoms with Crippen molar-refractivity contribution < 1.29 is 0 Å². The zero-order valence-electron chi connectivity index (χ0n) is 11.9. The highest BCUT2D eigenvalue weighted by molar-refractivity contribution is 7.71. The van der Waals surface area contributed by atoms with Crippen LogP contribution in [0.3, 0.4) is 0 Å².